The molecule has 92 valence electrons. The van der Waals surface area contributed by atoms with Gasteiger partial charge >= 0.3 is 5.97 Å². The fraction of sp³-hybridized carbons (Fsp3) is 0.385. The molecule has 0 fully saturated rings. The molecule has 1 rings (SSSR count). The SMILES string of the molecule is CCN(CC)Cc1ccccc1C(=O)C(=O)O. The number of carboxylic acid groups (broad SMARTS) is 1. The molecular formula is C13H17NO3. The predicted octanol–water partition coefficient (Wildman–Crippen LogP) is 1.80. The van der Waals surface area contributed by atoms with E-state index >= 15 is 0 Å². The average molecular weight is 235 g/mol. The first-order chi connectivity index (χ1) is 8.10. The number of aliphatic carboxylic acids is 1. The molecule has 17 heavy (non-hydrogen) atoms. The maximum atomic E-state index is 11.5. The molecule has 1 N–H and O–H groups in total. The van der Waals surface area contributed by atoms with Crippen molar-refractivity contribution in [2.75, 3.05) is 13.1 Å². The van der Waals surface area contributed by atoms with Crippen LogP contribution in [0.4, 0.5) is 0 Å². The molecule has 1 aromatic rings. The number of nitrogens with zero attached hydrogens (tertiary/aromatic N) is 1. The molecule has 0 aromatic heterocycles. The molecular weight excluding hydrogens is 218 g/mol. The van der Waals surface area contributed by atoms with Crippen molar-refractivity contribution in [1.29, 1.82) is 0 Å². The number of carbonyl (C=O) groups is 2. The Morgan fingerprint density at radius 2 is 1.76 bits per heavy atom. The highest BCUT2D eigenvalue weighted by Gasteiger charge is 2.18. The van der Waals surface area contributed by atoms with E-state index in [1.165, 1.54) is 0 Å². The van der Waals surface area contributed by atoms with Gasteiger partial charge in [0.1, 0.15) is 0 Å². The van der Waals surface area contributed by atoms with E-state index in [2.05, 4.69) is 4.90 Å². The highest BCUT2D eigenvalue weighted by Crippen LogP contribution is 2.12. The molecule has 0 saturated heterocycles. The maximum absolute atomic E-state index is 11.5. The average Bonchev–Trinajstić information content (AvgIpc) is 2.35. The van der Waals surface area contributed by atoms with Crippen LogP contribution in [0.3, 0.4) is 0 Å². The summed E-state index contributed by atoms with van der Waals surface area (Å²) in [4.78, 5) is 24.4. The van der Waals surface area contributed by atoms with Gasteiger partial charge in [0.2, 0.25) is 0 Å². The quantitative estimate of drug-likeness (QED) is 0.603. The van der Waals surface area contributed by atoms with Crippen molar-refractivity contribution in [2.45, 2.75) is 20.4 Å². The predicted molar refractivity (Wildman–Crippen MR) is 65.0 cm³/mol. The first-order valence-corrected chi connectivity index (χ1v) is 5.68. The summed E-state index contributed by atoms with van der Waals surface area (Å²) in [5.74, 6) is -2.25. The Hall–Kier alpha value is -1.68. The van der Waals surface area contributed by atoms with E-state index in [-0.39, 0.29) is 5.56 Å². The molecule has 0 aliphatic rings. The molecule has 0 amide bonds. The number of ketones is 1. The van der Waals surface area contributed by atoms with E-state index in [1.54, 1.807) is 18.2 Å². The second kappa shape index (κ2) is 6.15. The zero-order valence-corrected chi connectivity index (χ0v) is 10.1. The molecule has 4 heteroatoms. The highest BCUT2D eigenvalue weighted by atomic mass is 16.4. The van der Waals surface area contributed by atoms with Crippen LogP contribution in [0.15, 0.2) is 24.3 Å². The summed E-state index contributed by atoms with van der Waals surface area (Å²) in [6.07, 6.45) is 0. The Morgan fingerprint density at radius 3 is 2.29 bits per heavy atom. The number of Topliss-reactive ketones (excluding diaryl/α,β-unsaturated/α-hetero) is 1. The molecule has 4 nitrogen and oxygen atoms in total. The molecule has 0 heterocycles. The number of hydrogen-bond donors (Lipinski definition) is 1. The van der Waals surface area contributed by atoms with Crippen LogP contribution in [0.5, 0.6) is 0 Å². The molecule has 0 atom stereocenters. The third-order valence-electron chi connectivity index (χ3n) is 2.74. The normalized spacial score (nSPS) is 10.5. The second-order valence-electron chi connectivity index (χ2n) is 3.75. The fourth-order valence-corrected chi connectivity index (χ4v) is 1.68. The van der Waals surface area contributed by atoms with E-state index in [9.17, 15) is 9.59 Å². The van der Waals surface area contributed by atoms with Crippen molar-refractivity contribution in [3.63, 3.8) is 0 Å². The third kappa shape index (κ3) is 3.39. The minimum absolute atomic E-state index is 0.284. The van der Waals surface area contributed by atoms with Crippen LogP contribution in [-0.2, 0) is 11.3 Å². The molecule has 0 aliphatic heterocycles. The summed E-state index contributed by atoms with van der Waals surface area (Å²) >= 11 is 0. The van der Waals surface area contributed by atoms with Gasteiger partial charge in [-0.05, 0) is 18.7 Å². The molecule has 1 aromatic carbocycles. The van der Waals surface area contributed by atoms with Crippen molar-refractivity contribution in [1.82, 2.24) is 4.90 Å². The van der Waals surface area contributed by atoms with Gasteiger partial charge in [-0.3, -0.25) is 9.69 Å². The van der Waals surface area contributed by atoms with Crippen LogP contribution in [-0.4, -0.2) is 34.8 Å². The lowest BCUT2D eigenvalue weighted by Gasteiger charge is -2.19. The first-order valence-electron chi connectivity index (χ1n) is 5.68. The first kappa shape index (κ1) is 13.4. The standard InChI is InChI=1S/C13H17NO3/c1-3-14(4-2)9-10-7-5-6-8-11(10)12(15)13(16)17/h5-8H,3-4,9H2,1-2H3,(H,16,17). The summed E-state index contributed by atoms with van der Waals surface area (Å²) in [5, 5.41) is 8.75. The van der Waals surface area contributed by atoms with Crippen LogP contribution in [0, 0.1) is 0 Å². The van der Waals surface area contributed by atoms with Crippen molar-refractivity contribution in [2.24, 2.45) is 0 Å². The van der Waals surface area contributed by atoms with Gasteiger partial charge in [0, 0.05) is 12.1 Å². The zero-order chi connectivity index (χ0) is 12.8. The summed E-state index contributed by atoms with van der Waals surface area (Å²) in [7, 11) is 0. The van der Waals surface area contributed by atoms with Crippen LogP contribution in [0.1, 0.15) is 29.8 Å². The Bertz CT molecular complexity index is 411. The van der Waals surface area contributed by atoms with Crippen molar-refractivity contribution in [3.05, 3.63) is 35.4 Å². The van der Waals surface area contributed by atoms with Gasteiger partial charge in [0.15, 0.2) is 0 Å². The Labute approximate surface area is 101 Å². The molecule has 0 radical (unpaired) electrons. The van der Waals surface area contributed by atoms with Gasteiger partial charge in [-0.25, -0.2) is 4.79 Å². The number of rotatable bonds is 6. The molecule has 0 unspecified atom stereocenters. The Kier molecular flexibility index (Phi) is 4.84. The lowest BCUT2D eigenvalue weighted by Crippen LogP contribution is -2.24. The lowest BCUT2D eigenvalue weighted by atomic mass is 10.0. The highest BCUT2D eigenvalue weighted by molar-refractivity contribution is 6.40. The van der Waals surface area contributed by atoms with E-state index in [0.717, 1.165) is 18.7 Å². The number of hydrogen-bond acceptors (Lipinski definition) is 3. The van der Waals surface area contributed by atoms with E-state index < -0.39 is 11.8 Å². The maximum Gasteiger partial charge on any atom is 0.377 e. The molecule has 0 spiro atoms. The third-order valence-corrected chi connectivity index (χ3v) is 2.74. The molecule has 0 aliphatic carbocycles. The number of carboxylic acids is 1. The van der Waals surface area contributed by atoms with Gasteiger partial charge in [-0.1, -0.05) is 38.1 Å². The van der Waals surface area contributed by atoms with Crippen LogP contribution in [0.2, 0.25) is 0 Å². The number of benzene rings is 1. The number of carbonyl (C=O) groups excluding carboxylic acids is 1. The minimum atomic E-state index is -1.41. The van der Waals surface area contributed by atoms with Crippen molar-refractivity contribution in [3.8, 4) is 0 Å². The van der Waals surface area contributed by atoms with Gasteiger partial charge < -0.3 is 5.11 Å². The molecule has 0 saturated carbocycles. The minimum Gasteiger partial charge on any atom is -0.475 e. The van der Waals surface area contributed by atoms with Crippen LogP contribution in [0.25, 0.3) is 0 Å². The van der Waals surface area contributed by atoms with Gasteiger partial charge in [0.25, 0.3) is 5.78 Å². The smallest absolute Gasteiger partial charge is 0.377 e. The van der Waals surface area contributed by atoms with Crippen LogP contribution < -0.4 is 0 Å². The van der Waals surface area contributed by atoms with E-state index in [0.29, 0.717) is 6.54 Å². The van der Waals surface area contributed by atoms with Gasteiger partial charge in [-0.15, -0.1) is 0 Å². The van der Waals surface area contributed by atoms with E-state index in [1.807, 2.05) is 19.9 Å². The fourth-order valence-electron chi connectivity index (χ4n) is 1.68. The summed E-state index contributed by atoms with van der Waals surface area (Å²) in [6, 6.07) is 6.86. The second-order valence-corrected chi connectivity index (χ2v) is 3.75. The largest absolute Gasteiger partial charge is 0.475 e. The lowest BCUT2D eigenvalue weighted by molar-refractivity contribution is -0.131. The summed E-state index contributed by atoms with van der Waals surface area (Å²) in [5.41, 5.74) is 1.05. The van der Waals surface area contributed by atoms with Crippen LogP contribution >= 0.6 is 0 Å². The van der Waals surface area contributed by atoms with Gasteiger partial charge in [0.05, 0.1) is 0 Å². The molecule has 0 bridgehead atoms. The Morgan fingerprint density at radius 1 is 1.18 bits per heavy atom. The Balaban J connectivity index is 2.99. The van der Waals surface area contributed by atoms with Gasteiger partial charge in [-0.2, -0.15) is 0 Å². The van der Waals surface area contributed by atoms with Crippen molar-refractivity contribution < 1.29 is 14.7 Å². The summed E-state index contributed by atoms with van der Waals surface area (Å²) < 4.78 is 0. The summed E-state index contributed by atoms with van der Waals surface area (Å²) in [6.45, 7) is 6.40. The monoisotopic (exact) mass is 235 g/mol. The van der Waals surface area contributed by atoms with E-state index in [4.69, 9.17) is 5.11 Å². The zero-order valence-electron chi connectivity index (χ0n) is 10.1. The van der Waals surface area contributed by atoms with Crippen molar-refractivity contribution >= 4 is 11.8 Å². The topological polar surface area (TPSA) is 57.6 Å².